The van der Waals surface area contributed by atoms with Crippen LogP contribution in [0.15, 0.2) is 53.4 Å². The molecule has 0 unspecified atom stereocenters. The van der Waals surface area contributed by atoms with Gasteiger partial charge in [-0.05, 0) is 50.1 Å². The van der Waals surface area contributed by atoms with Crippen LogP contribution in [-0.4, -0.2) is 30.7 Å². The van der Waals surface area contributed by atoms with E-state index in [1.807, 2.05) is 49.4 Å². The highest BCUT2D eigenvalue weighted by Gasteiger charge is 2.15. The van der Waals surface area contributed by atoms with Crippen LogP contribution in [0.1, 0.15) is 18.5 Å². The Morgan fingerprint density at radius 2 is 1.87 bits per heavy atom. The summed E-state index contributed by atoms with van der Waals surface area (Å²) >= 11 is 1.60. The number of carbonyl (C=O) groups is 1. The van der Waals surface area contributed by atoms with Crippen molar-refractivity contribution in [2.45, 2.75) is 17.9 Å². The predicted octanol–water partition coefficient (Wildman–Crippen LogP) is 4.18. The summed E-state index contributed by atoms with van der Waals surface area (Å²) in [6, 6.07) is 14.1. The lowest BCUT2D eigenvalue weighted by Crippen LogP contribution is -2.32. The summed E-state index contributed by atoms with van der Waals surface area (Å²) in [5.74, 6) is -0.321. The number of halogens is 1. The van der Waals surface area contributed by atoms with Gasteiger partial charge in [0.25, 0.3) is 0 Å². The number of hydrogen-bond donors (Lipinski definition) is 1. The van der Waals surface area contributed by atoms with E-state index in [2.05, 4.69) is 5.32 Å². The normalized spacial score (nSPS) is 12.2. The summed E-state index contributed by atoms with van der Waals surface area (Å²) in [5.41, 5.74) is 1.80. The van der Waals surface area contributed by atoms with Gasteiger partial charge >= 0.3 is 0 Å². The fourth-order valence-corrected chi connectivity index (χ4v) is 2.85. The van der Waals surface area contributed by atoms with E-state index in [1.54, 1.807) is 23.9 Å². The first-order valence-electron chi connectivity index (χ1n) is 7.40. The molecule has 2 rings (SSSR count). The fourth-order valence-electron chi connectivity index (χ4n) is 2.30. The van der Waals surface area contributed by atoms with Gasteiger partial charge in [0.2, 0.25) is 5.91 Å². The molecule has 0 aliphatic rings. The molecule has 0 bridgehead atoms. The first-order chi connectivity index (χ1) is 11.0. The van der Waals surface area contributed by atoms with Gasteiger partial charge in [0.05, 0.1) is 12.2 Å². The van der Waals surface area contributed by atoms with Crippen molar-refractivity contribution in [2.75, 3.05) is 25.2 Å². The second-order valence-electron chi connectivity index (χ2n) is 5.39. The zero-order valence-electron chi connectivity index (χ0n) is 13.5. The fraction of sp³-hybridized carbons (Fsp3) is 0.278. The highest BCUT2D eigenvalue weighted by Crippen LogP contribution is 2.25. The van der Waals surface area contributed by atoms with Gasteiger partial charge < -0.3 is 5.32 Å². The zero-order valence-corrected chi connectivity index (χ0v) is 14.4. The number of nitrogens with zero attached hydrogens (tertiary/aromatic N) is 1. The molecule has 0 aliphatic heterocycles. The Bertz CT molecular complexity index is 660. The molecule has 23 heavy (non-hydrogen) atoms. The highest BCUT2D eigenvalue weighted by molar-refractivity contribution is 7.98. The molecular weight excluding hydrogens is 311 g/mol. The number of anilines is 1. The minimum absolute atomic E-state index is 0.0251. The van der Waals surface area contributed by atoms with Crippen LogP contribution >= 0.6 is 11.8 Å². The number of likely N-dealkylation sites (N-methyl/N-ethyl adjacent to an activating group) is 1. The van der Waals surface area contributed by atoms with Crippen LogP contribution in [0.2, 0.25) is 0 Å². The molecular formula is C18H21FN2OS. The molecule has 2 aromatic rings. The van der Waals surface area contributed by atoms with Crippen molar-refractivity contribution in [3.05, 3.63) is 59.9 Å². The molecule has 2 aromatic carbocycles. The van der Waals surface area contributed by atoms with E-state index >= 15 is 0 Å². The van der Waals surface area contributed by atoms with E-state index < -0.39 is 0 Å². The topological polar surface area (TPSA) is 32.3 Å². The van der Waals surface area contributed by atoms with Crippen molar-refractivity contribution >= 4 is 23.4 Å². The Morgan fingerprint density at radius 1 is 1.22 bits per heavy atom. The summed E-state index contributed by atoms with van der Waals surface area (Å²) in [6.07, 6.45) is 1.98. The van der Waals surface area contributed by atoms with Gasteiger partial charge in [-0.3, -0.25) is 9.69 Å². The molecule has 0 spiro atoms. The van der Waals surface area contributed by atoms with Crippen LogP contribution in [-0.2, 0) is 4.79 Å². The monoisotopic (exact) mass is 332 g/mol. The van der Waals surface area contributed by atoms with Gasteiger partial charge in [-0.1, -0.05) is 24.3 Å². The number of benzene rings is 2. The summed E-state index contributed by atoms with van der Waals surface area (Å²) < 4.78 is 13.0. The third kappa shape index (κ3) is 4.81. The number of para-hydroxylation sites is 1. The molecule has 0 aromatic heterocycles. The first kappa shape index (κ1) is 17.5. The van der Waals surface area contributed by atoms with Crippen molar-refractivity contribution in [3.63, 3.8) is 0 Å². The van der Waals surface area contributed by atoms with Crippen LogP contribution in [0.4, 0.5) is 10.1 Å². The molecule has 0 aliphatic carbocycles. The summed E-state index contributed by atoms with van der Waals surface area (Å²) in [5, 5.41) is 2.95. The number of hydrogen-bond acceptors (Lipinski definition) is 3. The van der Waals surface area contributed by atoms with Crippen molar-refractivity contribution < 1.29 is 9.18 Å². The SMILES string of the molecule is CSc1ccccc1NC(=O)CN(C)[C@@H](C)c1ccc(F)cc1. The lowest BCUT2D eigenvalue weighted by Gasteiger charge is -2.24. The number of rotatable bonds is 6. The Hall–Kier alpha value is -1.85. The number of amides is 1. The van der Waals surface area contributed by atoms with Gasteiger partial charge in [-0.25, -0.2) is 4.39 Å². The molecule has 1 atom stereocenters. The molecule has 0 heterocycles. The van der Waals surface area contributed by atoms with Crippen molar-refractivity contribution in [1.29, 1.82) is 0 Å². The molecule has 1 amide bonds. The Labute approximate surface area is 140 Å². The lowest BCUT2D eigenvalue weighted by atomic mass is 10.1. The Kier molecular flexibility index (Phi) is 6.19. The molecule has 0 saturated carbocycles. The minimum Gasteiger partial charge on any atom is -0.324 e. The summed E-state index contributed by atoms with van der Waals surface area (Å²) in [4.78, 5) is 15.2. The summed E-state index contributed by atoms with van der Waals surface area (Å²) in [7, 11) is 1.88. The van der Waals surface area contributed by atoms with E-state index in [0.29, 0.717) is 0 Å². The van der Waals surface area contributed by atoms with Gasteiger partial charge in [0.1, 0.15) is 5.82 Å². The molecule has 5 heteroatoms. The van der Waals surface area contributed by atoms with Gasteiger partial charge in [0.15, 0.2) is 0 Å². The smallest absolute Gasteiger partial charge is 0.238 e. The van der Waals surface area contributed by atoms with Crippen LogP contribution in [0.5, 0.6) is 0 Å². The first-order valence-corrected chi connectivity index (χ1v) is 8.62. The van der Waals surface area contributed by atoms with E-state index in [1.165, 1.54) is 12.1 Å². The zero-order chi connectivity index (χ0) is 16.8. The second-order valence-corrected chi connectivity index (χ2v) is 6.24. The molecule has 0 saturated heterocycles. The van der Waals surface area contributed by atoms with E-state index in [9.17, 15) is 9.18 Å². The third-order valence-electron chi connectivity index (χ3n) is 3.79. The van der Waals surface area contributed by atoms with Crippen LogP contribution in [0.25, 0.3) is 0 Å². The maximum absolute atomic E-state index is 13.0. The quantitative estimate of drug-likeness (QED) is 0.806. The van der Waals surface area contributed by atoms with Crippen molar-refractivity contribution in [2.24, 2.45) is 0 Å². The predicted molar refractivity (Wildman–Crippen MR) is 94.3 cm³/mol. The third-order valence-corrected chi connectivity index (χ3v) is 4.58. The second kappa shape index (κ2) is 8.13. The number of thioether (sulfide) groups is 1. The van der Waals surface area contributed by atoms with Crippen LogP contribution in [0.3, 0.4) is 0 Å². The maximum atomic E-state index is 13.0. The van der Waals surface area contributed by atoms with Gasteiger partial charge in [-0.15, -0.1) is 11.8 Å². The van der Waals surface area contributed by atoms with Gasteiger partial charge in [0, 0.05) is 10.9 Å². The largest absolute Gasteiger partial charge is 0.324 e. The molecule has 122 valence electrons. The standard InChI is InChI=1S/C18H21FN2OS/c1-13(14-8-10-15(19)11-9-14)21(2)12-18(22)20-16-6-4-5-7-17(16)23-3/h4-11,13H,12H2,1-3H3,(H,20,22)/t13-/m0/s1. The number of nitrogens with one attached hydrogen (secondary N) is 1. The van der Waals surface area contributed by atoms with E-state index in [4.69, 9.17) is 0 Å². The summed E-state index contributed by atoms with van der Waals surface area (Å²) in [6.45, 7) is 2.26. The van der Waals surface area contributed by atoms with Crippen molar-refractivity contribution in [1.82, 2.24) is 4.90 Å². The Morgan fingerprint density at radius 3 is 2.52 bits per heavy atom. The molecule has 0 radical (unpaired) electrons. The molecule has 3 nitrogen and oxygen atoms in total. The minimum atomic E-state index is -0.255. The highest BCUT2D eigenvalue weighted by atomic mass is 32.2. The molecule has 0 fully saturated rings. The van der Waals surface area contributed by atoms with Gasteiger partial charge in [-0.2, -0.15) is 0 Å². The maximum Gasteiger partial charge on any atom is 0.238 e. The average molecular weight is 332 g/mol. The number of carbonyl (C=O) groups excluding carboxylic acids is 1. The lowest BCUT2D eigenvalue weighted by molar-refractivity contribution is -0.117. The van der Waals surface area contributed by atoms with Crippen LogP contribution < -0.4 is 5.32 Å². The van der Waals surface area contributed by atoms with Crippen LogP contribution in [0, 0.1) is 5.82 Å². The Balaban J connectivity index is 1.97. The van der Waals surface area contributed by atoms with E-state index in [-0.39, 0.29) is 24.3 Å². The van der Waals surface area contributed by atoms with Crippen molar-refractivity contribution in [3.8, 4) is 0 Å². The average Bonchev–Trinajstić information content (AvgIpc) is 2.55. The molecule has 1 N–H and O–H groups in total. The van der Waals surface area contributed by atoms with E-state index in [0.717, 1.165) is 16.1 Å².